The van der Waals surface area contributed by atoms with Gasteiger partial charge in [0.25, 0.3) is 0 Å². The third-order valence-electron chi connectivity index (χ3n) is 5.73. The van der Waals surface area contributed by atoms with Crippen LogP contribution in [0.2, 0.25) is 0 Å². The first-order valence-corrected chi connectivity index (χ1v) is 11.8. The summed E-state index contributed by atoms with van der Waals surface area (Å²) in [5.74, 6) is -0.751. The standard InChI is InChI=1S/C25H39N3O5/c1-6-7-15-26-22(30)21(19-14-9-8-11-17(19)2)28(18-12-10-13-18)23(31)20(16-29)27-24(32)33-25(3,4)5/h8-9,11,14,18,20-21,29H,6-7,10,12-13,15-16H2,1-5H3,(H,26,30)(H,27,32). The van der Waals surface area contributed by atoms with Crippen molar-refractivity contribution in [1.29, 1.82) is 0 Å². The average Bonchev–Trinajstić information content (AvgIpc) is 2.70. The second-order valence-electron chi connectivity index (χ2n) is 9.62. The number of benzene rings is 1. The summed E-state index contributed by atoms with van der Waals surface area (Å²) in [7, 11) is 0. The molecule has 1 aliphatic rings. The molecule has 0 radical (unpaired) electrons. The molecular formula is C25H39N3O5. The third-order valence-corrected chi connectivity index (χ3v) is 5.73. The van der Waals surface area contributed by atoms with E-state index < -0.39 is 36.3 Å². The Bertz CT molecular complexity index is 817. The molecule has 2 unspecified atom stereocenters. The van der Waals surface area contributed by atoms with E-state index in [2.05, 4.69) is 10.6 Å². The van der Waals surface area contributed by atoms with E-state index in [0.717, 1.165) is 43.2 Å². The van der Waals surface area contributed by atoms with Crippen molar-refractivity contribution in [2.75, 3.05) is 13.2 Å². The van der Waals surface area contributed by atoms with E-state index in [4.69, 9.17) is 4.74 Å². The van der Waals surface area contributed by atoms with Crippen molar-refractivity contribution in [3.05, 3.63) is 35.4 Å². The summed E-state index contributed by atoms with van der Waals surface area (Å²) in [5.41, 5.74) is 0.885. The second kappa shape index (κ2) is 12.0. The molecule has 2 atom stereocenters. The number of hydrogen-bond donors (Lipinski definition) is 3. The largest absolute Gasteiger partial charge is 0.444 e. The molecule has 0 spiro atoms. The summed E-state index contributed by atoms with van der Waals surface area (Å²) in [6.45, 7) is 9.04. The van der Waals surface area contributed by atoms with Crippen molar-refractivity contribution in [2.45, 2.75) is 90.4 Å². The van der Waals surface area contributed by atoms with E-state index in [1.165, 1.54) is 0 Å². The highest BCUT2D eigenvalue weighted by molar-refractivity contribution is 5.92. The van der Waals surface area contributed by atoms with Crippen LogP contribution >= 0.6 is 0 Å². The Kier molecular flexibility index (Phi) is 9.70. The van der Waals surface area contributed by atoms with Crippen molar-refractivity contribution >= 4 is 17.9 Å². The first-order chi connectivity index (χ1) is 15.6. The number of aliphatic hydroxyl groups is 1. The molecule has 1 aliphatic carbocycles. The molecule has 1 fully saturated rings. The second-order valence-corrected chi connectivity index (χ2v) is 9.62. The average molecular weight is 462 g/mol. The van der Waals surface area contributed by atoms with Crippen molar-refractivity contribution < 1.29 is 24.2 Å². The number of ether oxygens (including phenoxy) is 1. The molecule has 8 heteroatoms. The molecule has 8 nitrogen and oxygen atoms in total. The first-order valence-electron chi connectivity index (χ1n) is 11.8. The minimum absolute atomic E-state index is 0.145. The molecule has 184 valence electrons. The molecule has 33 heavy (non-hydrogen) atoms. The fourth-order valence-corrected chi connectivity index (χ4v) is 3.79. The highest BCUT2D eigenvalue weighted by Crippen LogP contribution is 2.34. The highest BCUT2D eigenvalue weighted by atomic mass is 16.6. The fraction of sp³-hybridized carbons (Fsp3) is 0.640. The Balaban J connectivity index is 2.39. The van der Waals surface area contributed by atoms with Gasteiger partial charge in [0, 0.05) is 12.6 Å². The van der Waals surface area contributed by atoms with Gasteiger partial charge in [0.15, 0.2) is 0 Å². The van der Waals surface area contributed by atoms with Gasteiger partial charge >= 0.3 is 6.09 Å². The SMILES string of the molecule is CCCCNC(=O)C(c1ccccc1C)N(C(=O)C(CO)NC(=O)OC(C)(C)C)C1CCC1. The molecule has 2 rings (SSSR count). The minimum atomic E-state index is -1.21. The van der Waals surface area contributed by atoms with Crippen molar-refractivity contribution in [3.8, 4) is 0 Å². The van der Waals surface area contributed by atoms with Crippen LogP contribution in [0.3, 0.4) is 0 Å². The topological polar surface area (TPSA) is 108 Å². The lowest BCUT2D eigenvalue weighted by Crippen LogP contribution is -2.58. The van der Waals surface area contributed by atoms with Crippen molar-refractivity contribution in [2.24, 2.45) is 0 Å². The first kappa shape index (κ1) is 26.6. The smallest absolute Gasteiger partial charge is 0.408 e. The van der Waals surface area contributed by atoms with Crippen molar-refractivity contribution in [1.82, 2.24) is 15.5 Å². The minimum Gasteiger partial charge on any atom is -0.444 e. The molecular weight excluding hydrogens is 422 g/mol. The predicted molar refractivity (Wildman–Crippen MR) is 127 cm³/mol. The maximum Gasteiger partial charge on any atom is 0.408 e. The summed E-state index contributed by atoms with van der Waals surface area (Å²) < 4.78 is 5.27. The summed E-state index contributed by atoms with van der Waals surface area (Å²) in [5, 5.41) is 15.4. The molecule has 3 amide bonds. The number of carbonyl (C=O) groups is 3. The molecule has 0 aromatic heterocycles. The van der Waals surface area contributed by atoms with Crippen LogP contribution in [0.25, 0.3) is 0 Å². The molecule has 0 heterocycles. The zero-order valence-electron chi connectivity index (χ0n) is 20.5. The molecule has 1 saturated carbocycles. The number of aryl methyl sites for hydroxylation is 1. The van der Waals surface area contributed by atoms with Crippen LogP contribution in [0.4, 0.5) is 4.79 Å². The number of hydrogen-bond acceptors (Lipinski definition) is 5. The van der Waals surface area contributed by atoms with E-state index in [1.807, 2.05) is 38.1 Å². The van der Waals surface area contributed by atoms with Crippen LogP contribution in [0.15, 0.2) is 24.3 Å². The zero-order valence-corrected chi connectivity index (χ0v) is 20.5. The number of nitrogens with one attached hydrogen (secondary N) is 2. The molecule has 1 aromatic carbocycles. The Hall–Kier alpha value is -2.61. The Labute approximate surface area is 197 Å². The number of nitrogens with zero attached hydrogens (tertiary/aromatic N) is 1. The Morgan fingerprint density at radius 3 is 2.39 bits per heavy atom. The molecule has 0 aliphatic heterocycles. The number of rotatable bonds is 10. The lowest BCUT2D eigenvalue weighted by atomic mass is 9.87. The van der Waals surface area contributed by atoms with Gasteiger partial charge in [-0.15, -0.1) is 0 Å². The number of alkyl carbamates (subject to hydrolysis) is 1. The van der Waals surface area contributed by atoms with Gasteiger partial charge in [-0.25, -0.2) is 4.79 Å². The van der Waals surface area contributed by atoms with Gasteiger partial charge in [-0.05, 0) is 64.5 Å². The quantitative estimate of drug-likeness (QED) is 0.464. The van der Waals surface area contributed by atoms with Crippen LogP contribution in [0.1, 0.15) is 77.0 Å². The predicted octanol–water partition coefficient (Wildman–Crippen LogP) is 3.22. The van der Waals surface area contributed by atoms with Gasteiger partial charge < -0.3 is 25.4 Å². The zero-order chi connectivity index (χ0) is 24.6. The van der Waals surface area contributed by atoms with Gasteiger partial charge in [0.2, 0.25) is 11.8 Å². The van der Waals surface area contributed by atoms with Gasteiger partial charge in [0.05, 0.1) is 6.61 Å². The van der Waals surface area contributed by atoms with Crippen molar-refractivity contribution in [3.63, 3.8) is 0 Å². The van der Waals surface area contributed by atoms with E-state index in [1.54, 1.807) is 25.7 Å². The summed E-state index contributed by atoms with van der Waals surface area (Å²) >= 11 is 0. The monoisotopic (exact) mass is 461 g/mol. The van der Waals surface area contributed by atoms with E-state index in [0.29, 0.717) is 6.54 Å². The highest BCUT2D eigenvalue weighted by Gasteiger charge is 2.42. The number of amides is 3. The van der Waals surface area contributed by atoms with Gasteiger partial charge in [0.1, 0.15) is 17.7 Å². The van der Waals surface area contributed by atoms with E-state index in [-0.39, 0.29) is 11.9 Å². The van der Waals surface area contributed by atoms with Gasteiger partial charge in [-0.1, -0.05) is 37.6 Å². The van der Waals surface area contributed by atoms with E-state index in [9.17, 15) is 19.5 Å². The molecule has 0 saturated heterocycles. The molecule has 3 N–H and O–H groups in total. The van der Waals surface area contributed by atoms with Crippen LogP contribution in [0, 0.1) is 6.92 Å². The lowest BCUT2D eigenvalue weighted by molar-refractivity contribution is -0.148. The Morgan fingerprint density at radius 1 is 1.21 bits per heavy atom. The third kappa shape index (κ3) is 7.45. The molecule has 1 aromatic rings. The number of carbonyl (C=O) groups excluding carboxylic acids is 3. The van der Waals surface area contributed by atoms with Gasteiger partial charge in [-0.3, -0.25) is 9.59 Å². The van der Waals surface area contributed by atoms with E-state index >= 15 is 0 Å². The lowest BCUT2D eigenvalue weighted by Gasteiger charge is -2.43. The van der Waals surface area contributed by atoms with Crippen LogP contribution in [0.5, 0.6) is 0 Å². The Morgan fingerprint density at radius 2 is 1.88 bits per heavy atom. The van der Waals surface area contributed by atoms with Crippen LogP contribution in [-0.2, 0) is 14.3 Å². The fourth-order valence-electron chi connectivity index (χ4n) is 3.79. The summed E-state index contributed by atoms with van der Waals surface area (Å²) in [6, 6.07) is 5.29. The normalized spacial score (nSPS) is 15.7. The van der Waals surface area contributed by atoms with Crippen LogP contribution < -0.4 is 10.6 Å². The van der Waals surface area contributed by atoms with Crippen LogP contribution in [-0.4, -0.2) is 58.8 Å². The number of unbranched alkanes of at least 4 members (excludes halogenated alkanes) is 1. The molecule has 0 bridgehead atoms. The number of aliphatic hydroxyl groups excluding tert-OH is 1. The summed E-state index contributed by atoms with van der Waals surface area (Å²) in [6.07, 6.45) is 3.47. The maximum atomic E-state index is 13.7. The summed E-state index contributed by atoms with van der Waals surface area (Å²) in [4.78, 5) is 41.0. The maximum absolute atomic E-state index is 13.7. The van der Waals surface area contributed by atoms with Gasteiger partial charge in [-0.2, -0.15) is 0 Å².